The molecule has 0 heterocycles. The Kier molecular flexibility index (Phi) is 9.99. The fourth-order valence-corrected chi connectivity index (χ4v) is 1.78. The zero-order valence-corrected chi connectivity index (χ0v) is 14.3. The third-order valence-corrected chi connectivity index (χ3v) is 2.86. The van der Waals surface area contributed by atoms with Gasteiger partial charge < -0.3 is 15.8 Å². The van der Waals surface area contributed by atoms with Gasteiger partial charge in [0.1, 0.15) is 6.10 Å². The molecule has 1 aromatic carbocycles. The highest BCUT2D eigenvalue weighted by atomic mass is 127. The molecule has 0 bridgehead atoms. The van der Waals surface area contributed by atoms with Gasteiger partial charge in [0.2, 0.25) is 0 Å². The number of hydrogen-bond donors (Lipinski definition) is 2. The molecule has 0 saturated carbocycles. The van der Waals surface area contributed by atoms with Crippen molar-refractivity contribution in [1.29, 1.82) is 0 Å². The Morgan fingerprint density at radius 2 is 2.16 bits per heavy atom. The van der Waals surface area contributed by atoms with E-state index in [-0.39, 0.29) is 30.1 Å². The van der Waals surface area contributed by atoms with Gasteiger partial charge in [-0.25, -0.2) is 0 Å². The van der Waals surface area contributed by atoms with E-state index in [1.165, 1.54) is 0 Å². The standard InChI is InChI=1S/C13H20ClN3O.HI/c1-3-8-16-13(15)17-9-12(18-2)10-6-4-5-7-11(10)14;/h4-7,12H,3,8-9H2,1-2H3,(H3,15,16,17);1H. The molecule has 108 valence electrons. The van der Waals surface area contributed by atoms with Crippen molar-refractivity contribution in [3.8, 4) is 0 Å². The first-order chi connectivity index (χ1) is 8.69. The van der Waals surface area contributed by atoms with Crippen LogP contribution < -0.4 is 11.1 Å². The molecule has 6 heteroatoms. The summed E-state index contributed by atoms with van der Waals surface area (Å²) >= 11 is 6.12. The molecule has 19 heavy (non-hydrogen) atoms. The summed E-state index contributed by atoms with van der Waals surface area (Å²) in [5.74, 6) is 0.436. The molecule has 0 aliphatic rings. The quantitative estimate of drug-likeness (QED) is 0.441. The summed E-state index contributed by atoms with van der Waals surface area (Å²) in [6.07, 6.45) is 0.828. The van der Waals surface area contributed by atoms with Crippen molar-refractivity contribution < 1.29 is 4.74 Å². The lowest BCUT2D eigenvalue weighted by molar-refractivity contribution is 0.111. The molecule has 0 saturated heterocycles. The first kappa shape index (κ1) is 18.5. The average molecular weight is 398 g/mol. The lowest BCUT2D eigenvalue weighted by atomic mass is 10.1. The second-order valence-corrected chi connectivity index (χ2v) is 4.31. The SMILES string of the molecule is CCCNC(N)=NCC(OC)c1ccccc1Cl.I. The highest BCUT2D eigenvalue weighted by Gasteiger charge is 2.13. The fraction of sp³-hybridized carbons (Fsp3) is 0.462. The molecule has 4 nitrogen and oxygen atoms in total. The summed E-state index contributed by atoms with van der Waals surface area (Å²) < 4.78 is 5.40. The number of rotatable bonds is 6. The average Bonchev–Trinajstić information content (AvgIpc) is 2.39. The van der Waals surface area contributed by atoms with Gasteiger partial charge in [-0.05, 0) is 12.5 Å². The van der Waals surface area contributed by atoms with Crippen molar-refractivity contribution in [2.75, 3.05) is 20.2 Å². The molecule has 0 amide bonds. The van der Waals surface area contributed by atoms with Crippen LogP contribution in [-0.4, -0.2) is 26.2 Å². The van der Waals surface area contributed by atoms with E-state index in [2.05, 4.69) is 17.2 Å². The molecular weight excluding hydrogens is 377 g/mol. The number of methoxy groups -OCH3 is 1. The highest BCUT2D eigenvalue weighted by molar-refractivity contribution is 14.0. The van der Waals surface area contributed by atoms with Crippen molar-refractivity contribution in [2.24, 2.45) is 10.7 Å². The van der Waals surface area contributed by atoms with E-state index in [1.54, 1.807) is 7.11 Å². The van der Waals surface area contributed by atoms with E-state index in [0.29, 0.717) is 17.5 Å². The van der Waals surface area contributed by atoms with Gasteiger partial charge in [0.05, 0.1) is 6.54 Å². The molecule has 0 aliphatic carbocycles. The van der Waals surface area contributed by atoms with Crippen LogP contribution in [0.25, 0.3) is 0 Å². The van der Waals surface area contributed by atoms with Gasteiger partial charge in [-0.1, -0.05) is 36.7 Å². The predicted molar refractivity (Wildman–Crippen MR) is 91.4 cm³/mol. The number of guanidine groups is 1. The smallest absolute Gasteiger partial charge is 0.188 e. The minimum absolute atomic E-state index is 0. The largest absolute Gasteiger partial charge is 0.375 e. The molecule has 3 N–H and O–H groups in total. The second-order valence-electron chi connectivity index (χ2n) is 3.90. The minimum atomic E-state index is -0.180. The van der Waals surface area contributed by atoms with Crippen LogP contribution in [0.2, 0.25) is 5.02 Å². The van der Waals surface area contributed by atoms with Crippen molar-refractivity contribution in [3.63, 3.8) is 0 Å². The number of nitrogens with two attached hydrogens (primary N) is 1. The lowest BCUT2D eigenvalue weighted by Crippen LogP contribution is -2.32. The summed E-state index contributed by atoms with van der Waals surface area (Å²) in [6.45, 7) is 3.34. The lowest BCUT2D eigenvalue weighted by Gasteiger charge is -2.15. The van der Waals surface area contributed by atoms with Crippen molar-refractivity contribution >= 4 is 41.5 Å². The maximum Gasteiger partial charge on any atom is 0.188 e. The molecule has 1 unspecified atom stereocenters. The Balaban J connectivity index is 0.00000324. The van der Waals surface area contributed by atoms with Gasteiger partial charge >= 0.3 is 0 Å². The van der Waals surface area contributed by atoms with Crippen molar-refractivity contribution in [3.05, 3.63) is 34.9 Å². The minimum Gasteiger partial charge on any atom is -0.375 e. The van der Waals surface area contributed by atoms with Crippen LogP contribution in [0.4, 0.5) is 0 Å². The van der Waals surface area contributed by atoms with E-state index < -0.39 is 0 Å². The molecule has 0 radical (unpaired) electrons. The summed E-state index contributed by atoms with van der Waals surface area (Å²) in [7, 11) is 1.64. The van der Waals surface area contributed by atoms with Crippen molar-refractivity contribution in [2.45, 2.75) is 19.4 Å². The normalized spacial score (nSPS) is 12.7. The van der Waals surface area contributed by atoms with Gasteiger partial charge in [0, 0.05) is 24.2 Å². The summed E-state index contributed by atoms with van der Waals surface area (Å²) in [5.41, 5.74) is 6.65. The molecule has 0 aliphatic heterocycles. The molecule has 0 fully saturated rings. The zero-order valence-electron chi connectivity index (χ0n) is 11.2. The number of hydrogen-bond acceptors (Lipinski definition) is 2. The third-order valence-electron chi connectivity index (χ3n) is 2.52. The maximum atomic E-state index is 6.12. The van der Waals surface area contributed by atoms with Gasteiger partial charge in [-0.15, -0.1) is 24.0 Å². The van der Waals surface area contributed by atoms with Gasteiger partial charge in [0.15, 0.2) is 5.96 Å². The van der Waals surface area contributed by atoms with Crippen LogP contribution in [-0.2, 0) is 4.74 Å². The van der Waals surface area contributed by atoms with Crippen LogP contribution in [0.1, 0.15) is 25.0 Å². The Bertz CT molecular complexity index is 401. The topological polar surface area (TPSA) is 59.6 Å². The van der Waals surface area contributed by atoms with E-state index in [1.807, 2.05) is 24.3 Å². The Morgan fingerprint density at radius 3 is 2.74 bits per heavy atom. The summed E-state index contributed by atoms with van der Waals surface area (Å²) in [6, 6.07) is 7.58. The Labute approximate surface area is 136 Å². The van der Waals surface area contributed by atoms with Crippen LogP contribution in [0.5, 0.6) is 0 Å². The van der Waals surface area contributed by atoms with Crippen LogP contribution in [0.15, 0.2) is 29.3 Å². The van der Waals surface area contributed by atoms with Crippen molar-refractivity contribution in [1.82, 2.24) is 5.32 Å². The molecule has 1 atom stereocenters. The number of nitrogens with zero attached hydrogens (tertiary/aromatic N) is 1. The molecule has 1 aromatic rings. The Hall–Kier alpha value is -0.530. The summed E-state index contributed by atoms with van der Waals surface area (Å²) in [5, 5.41) is 3.70. The molecular formula is C13H21ClIN3O. The van der Waals surface area contributed by atoms with E-state index in [4.69, 9.17) is 22.1 Å². The second kappa shape index (κ2) is 10.3. The number of nitrogens with one attached hydrogen (secondary N) is 1. The number of ether oxygens (including phenoxy) is 1. The van der Waals surface area contributed by atoms with Gasteiger partial charge in [0.25, 0.3) is 0 Å². The fourth-order valence-electron chi connectivity index (χ4n) is 1.53. The first-order valence-corrected chi connectivity index (χ1v) is 6.37. The zero-order chi connectivity index (χ0) is 13.4. The van der Waals surface area contributed by atoms with Gasteiger partial charge in [-0.3, -0.25) is 4.99 Å². The first-order valence-electron chi connectivity index (χ1n) is 6.00. The Morgan fingerprint density at radius 1 is 1.47 bits per heavy atom. The van der Waals surface area contributed by atoms with Crippen LogP contribution >= 0.6 is 35.6 Å². The number of aliphatic imine (C=N–C) groups is 1. The van der Waals surface area contributed by atoms with Crippen LogP contribution in [0, 0.1) is 0 Å². The maximum absolute atomic E-state index is 6.12. The van der Waals surface area contributed by atoms with E-state index in [0.717, 1.165) is 18.5 Å². The van der Waals surface area contributed by atoms with Gasteiger partial charge in [-0.2, -0.15) is 0 Å². The number of benzene rings is 1. The summed E-state index contributed by atoms with van der Waals surface area (Å²) in [4.78, 5) is 4.25. The van der Waals surface area contributed by atoms with Crippen LogP contribution in [0.3, 0.4) is 0 Å². The van der Waals surface area contributed by atoms with E-state index in [9.17, 15) is 0 Å². The number of halogens is 2. The monoisotopic (exact) mass is 397 g/mol. The molecule has 0 spiro atoms. The third kappa shape index (κ3) is 6.44. The molecule has 0 aromatic heterocycles. The predicted octanol–water partition coefficient (Wildman–Crippen LogP) is 2.96. The highest BCUT2D eigenvalue weighted by Crippen LogP contribution is 2.24. The van der Waals surface area contributed by atoms with E-state index >= 15 is 0 Å². The molecule has 1 rings (SSSR count).